The average molecular weight is 251 g/mol. The summed E-state index contributed by atoms with van der Waals surface area (Å²) in [6.07, 6.45) is 0. The Morgan fingerprint density at radius 3 is 2.43 bits per heavy atom. The molecule has 0 aromatic heterocycles. The fourth-order valence-electron chi connectivity index (χ4n) is 0.949. The first-order valence-corrected chi connectivity index (χ1v) is 6.11. The summed E-state index contributed by atoms with van der Waals surface area (Å²) in [6, 6.07) is 5.48. The minimum atomic E-state index is 0.173. The number of rotatable bonds is 4. The Morgan fingerprint density at radius 1 is 1.36 bits per heavy atom. The van der Waals surface area contributed by atoms with Gasteiger partial charge in [0, 0.05) is 21.0 Å². The van der Waals surface area contributed by atoms with Crippen molar-refractivity contribution < 1.29 is 5.11 Å². The predicted molar refractivity (Wildman–Crippen MR) is 64.3 cm³/mol. The third-order valence-corrected chi connectivity index (χ3v) is 3.71. The van der Waals surface area contributed by atoms with Crippen LogP contribution in [0.3, 0.4) is 0 Å². The highest BCUT2D eigenvalue weighted by molar-refractivity contribution is 7.99. The lowest BCUT2D eigenvalue weighted by Crippen LogP contribution is -2.02. The SMILES string of the molecule is CC(CO)SCc1c(Cl)cccc1Cl. The van der Waals surface area contributed by atoms with Gasteiger partial charge in [-0.25, -0.2) is 0 Å². The van der Waals surface area contributed by atoms with Crippen LogP contribution in [0.2, 0.25) is 10.0 Å². The average Bonchev–Trinajstić information content (AvgIpc) is 2.16. The molecule has 0 spiro atoms. The fraction of sp³-hybridized carbons (Fsp3) is 0.400. The first-order chi connectivity index (χ1) is 6.65. The van der Waals surface area contributed by atoms with Gasteiger partial charge in [0.25, 0.3) is 0 Å². The number of benzene rings is 1. The van der Waals surface area contributed by atoms with E-state index in [4.69, 9.17) is 28.3 Å². The standard InChI is InChI=1S/C10H12Cl2OS/c1-7(5-13)14-6-8-9(11)3-2-4-10(8)12/h2-4,7,13H,5-6H2,1H3. The lowest BCUT2D eigenvalue weighted by Gasteiger charge is -2.09. The summed E-state index contributed by atoms with van der Waals surface area (Å²) in [4.78, 5) is 0. The van der Waals surface area contributed by atoms with Gasteiger partial charge < -0.3 is 5.11 Å². The monoisotopic (exact) mass is 250 g/mol. The Balaban J connectivity index is 2.66. The normalized spacial score (nSPS) is 12.9. The van der Waals surface area contributed by atoms with Gasteiger partial charge in [0.1, 0.15) is 0 Å². The quantitative estimate of drug-likeness (QED) is 0.882. The van der Waals surface area contributed by atoms with Crippen molar-refractivity contribution in [2.75, 3.05) is 6.61 Å². The second kappa shape index (κ2) is 5.86. The molecule has 0 heterocycles. The van der Waals surface area contributed by atoms with E-state index in [9.17, 15) is 0 Å². The molecule has 1 aromatic rings. The summed E-state index contributed by atoms with van der Waals surface area (Å²) < 4.78 is 0. The van der Waals surface area contributed by atoms with E-state index in [1.807, 2.05) is 25.1 Å². The molecule has 4 heteroatoms. The molecule has 14 heavy (non-hydrogen) atoms. The van der Waals surface area contributed by atoms with E-state index < -0.39 is 0 Å². The smallest absolute Gasteiger partial charge is 0.0547 e. The molecule has 0 aliphatic rings. The summed E-state index contributed by atoms with van der Waals surface area (Å²) >= 11 is 13.6. The van der Waals surface area contributed by atoms with Crippen molar-refractivity contribution in [3.8, 4) is 0 Å². The Bertz CT molecular complexity index is 284. The van der Waals surface area contributed by atoms with E-state index >= 15 is 0 Å². The molecule has 0 radical (unpaired) electrons. The first-order valence-electron chi connectivity index (χ1n) is 4.30. The van der Waals surface area contributed by atoms with Crippen LogP contribution in [0.15, 0.2) is 18.2 Å². The Morgan fingerprint density at radius 2 is 1.93 bits per heavy atom. The van der Waals surface area contributed by atoms with E-state index in [0.717, 1.165) is 11.3 Å². The van der Waals surface area contributed by atoms with Crippen LogP contribution in [0.1, 0.15) is 12.5 Å². The molecule has 0 aliphatic carbocycles. The second-order valence-electron chi connectivity index (χ2n) is 3.00. The molecule has 1 unspecified atom stereocenters. The molecule has 0 amide bonds. The zero-order valence-electron chi connectivity index (χ0n) is 7.84. The molecule has 0 bridgehead atoms. The molecule has 0 saturated carbocycles. The Hall–Kier alpha value is 0.110. The van der Waals surface area contributed by atoms with Crippen molar-refractivity contribution in [2.24, 2.45) is 0 Å². The van der Waals surface area contributed by atoms with Crippen molar-refractivity contribution in [3.05, 3.63) is 33.8 Å². The molecule has 1 atom stereocenters. The van der Waals surface area contributed by atoms with Crippen LogP contribution in [0.25, 0.3) is 0 Å². The van der Waals surface area contributed by atoms with Gasteiger partial charge in [0.05, 0.1) is 6.61 Å². The summed E-state index contributed by atoms with van der Waals surface area (Å²) in [5.74, 6) is 0.736. The van der Waals surface area contributed by atoms with Crippen LogP contribution in [-0.4, -0.2) is 17.0 Å². The molecular formula is C10H12Cl2OS. The van der Waals surface area contributed by atoms with Crippen LogP contribution in [0.5, 0.6) is 0 Å². The highest BCUT2D eigenvalue weighted by Gasteiger charge is 2.07. The summed E-state index contributed by atoms with van der Waals surface area (Å²) in [7, 11) is 0. The van der Waals surface area contributed by atoms with Gasteiger partial charge in [0.2, 0.25) is 0 Å². The third-order valence-electron chi connectivity index (χ3n) is 1.83. The molecule has 1 aromatic carbocycles. The maximum atomic E-state index is 8.86. The number of hydrogen-bond donors (Lipinski definition) is 1. The van der Waals surface area contributed by atoms with Gasteiger partial charge in [0.15, 0.2) is 0 Å². The van der Waals surface area contributed by atoms with Crippen molar-refractivity contribution in [2.45, 2.75) is 17.9 Å². The van der Waals surface area contributed by atoms with Crippen LogP contribution < -0.4 is 0 Å². The van der Waals surface area contributed by atoms with E-state index in [1.54, 1.807) is 11.8 Å². The zero-order chi connectivity index (χ0) is 10.6. The van der Waals surface area contributed by atoms with Crippen LogP contribution in [0, 0.1) is 0 Å². The summed E-state index contributed by atoms with van der Waals surface area (Å²) in [5.41, 5.74) is 0.945. The largest absolute Gasteiger partial charge is 0.395 e. The number of thioether (sulfide) groups is 1. The lowest BCUT2D eigenvalue weighted by molar-refractivity contribution is 0.300. The number of halogens is 2. The molecule has 1 N–H and O–H groups in total. The fourth-order valence-corrected chi connectivity index (χ4v) is 2.51. The van der Waals surface area contributed by atoms with Crippen LogP contribution in [0.4, 0.5) is 0 Å². The van der Waals surface area contributed by atoms with Gasteiger partial charge in [-0.15, -0.1) is 0 Å². The zero-order valence-corrected chi connectivity index (χ0v) is 10.2. The van der Waals surface area contributed by atoms with Crippen molar-refractivity contribution in [1.82, 2.24) is 0 Å². The van der Waals surface area contributed by atoms with Gasteiger partial charge >= 0.3 is 0 Å². The topological polar surface area (TPSA) is 20.2 Å². The highest BCUT2D eigenvalue weighted by Crippen LogP contribution is 2.29. The Labute approximate surface area is 98.4 Å². The van der Waals surface area contributed by atoms with E-state index in [-0.39, 0.29) is 11.9 Å². The first kappa shape index (κ1) is 12.2. The highest BCUT2D eigenvalue weighted by atomic mass is 35.5. The van der Waals surface area contributed by atoms with Crippen LogP contribution in [-0.2, 0) is 5.75 Å². The van der Waals surface area contributed by atoms with E-state index in [1.165, 1.54) is 0 Å². The molecule has 78 valence electrons. The molecule has 0 saturated heterocycles. The minimum absolute atomic E-state index is 0.173. The maximum absolute atomic E-state index is 8.86. The van der Waals surface area contributed by atoms with E-state index in [2.05, 4.69) is 0 Å². The van der Waals surface area contributed by atoms with Crippen molar-refractivity contribution >= 4 is 35.0 Å². The number of hydrogen-bond acceptors (Lipinski definition) is 2. The van der Waals surface area contributed by atoms with Crippen LogP contribution >= 0.6 is 35.0 Å². The molecule has 0 fully saturated rings. The maximum Gasteiger partial charge on any atom is 0.0547 e. The second-order valence-corrected chi connectivity index (χ2v) is 5.25. The Kier molecular flexibility index (Phi) is 5.10. The van der Waals surface area contributed by atoms with E-state index in [0.29, 0.717) is 10.0 Å². The molecular weight excluding hydrogens is 239 g/mol. The predicted octanol–water partition coefficient (Wildman–Crippen LogP) is 3.61. The van der Waals surface area contributed by atoms with Crippen molar-refractivity contribution in [1.29, 1.82) is 0 Å². The minimum Gasteiger partial charge on any atom is -0.395 e. The molecule has 1 nitrogen and oxygen atoms in total. The van der Waals surface area contributed by atoms with Crippen molar-refractivity contribution in [3.63, 3.8) is 0 Å². The third kappa shape index (κ3) is 3.35. The summed E-state index contributed by atoms with van der Waals surface area (Å²) in [6.45, 7) is 2.14. The summed E-state index contributed by atoms with van der Waals surface area (Å²) in [5, 5.41) is 10.5. The van der Waals surface area contributed by atoms with Gasteiger partial charge in [-0.3, -0.25) is 0 Å². The number of aliphatic hydroxyl groups excluding tert-OH is 1. The van der Waals surface area contributed by atoms with Gasteiger partial charge in [-0.2, -0.15) is 11.8 Å². The molecule has 0 aliphatic heterocycles. The number of aliphatic hydroxyl groups is 1. The molecule has 1 rings (SSSR count). The van der Waals surface area contributed by atoms with Gasteiger partial charge in [-0.05, 0) is 17.7 Å². The lowest BCUT2D eigenvalue weighted by atomic mass is 10.2. The van der Waals surface area contributed by atoms with Gasteiger partial charge in [-0.1, -0.05) is 36.2 Å².